The fourth-order valence-electron chi connectivity index (χ4n) is 1.90. The molecule has 0 bridgehead atoms. The minimum atomic E-state index is -0.417. The Balaban J connectivity index is 2.25. The highest BCUT2D eigenvalue weighted by Gasteiger charge is 2.16. The summed E-state index contributed by atoms with van der Waals surface area (Å²) in [5.74, 6) is -0.417. The van der Waals surface area contributed by atoms with Gasteiger partial charge in [0, 0.05) is 17.8 Å². The summed E-state index contributed by atoms with van der Waals surface area (Å²) in [6.45, 7) is 2.30. The third-order valence-corrected chi connectivity index (χ3v) is 3.28. The van der Waals surface area contributed by atoms with Crippen molar-refractivity contribution in [1.29, 1.82) is 0 Å². The Labute approximate surface area is 117 Å². The van der Waals surface area contributed by atoms with Crippen molar-refractivity contribution in [3.63, 3.8) is 0 Å². The second-order valence-electron chi connectivity index (χ2n) is 4.44. The van der Waals surface area contributed by atoms with E-state index in [0.717, 1.165) is 5.69 Å². The fraction of sp³-hybridized carbons (Fsp3) is 0.200. The van der Waals surface area contributed by atoms with Gasteiger partial charge >= 0.3 is 0 Å². The minimum absolute atomic E-state index is 0.113. The number of hydrogen-bond acceptors (Lipinski definition) is 2. The quantitative estimate of drug-likeness (QED) is 0.890. The molecule has 0 aliphatic heterocycles. The number of rotatable bonds is 4. The highest BCUT2D eigenvalue weighted by atomic mass is 35.5. The highest BCUT2D eigenvalue weighted by Crippen LogP contribution is 2.25. The van der Waals surface area contributed by atoms with Crippen LogP contribution < -0.4 is 11.1 Å². The average Bonchev–Trinajstić information content (AvgIpc) is 2.42. The molecule has 1 unspecified atom stereocenters. The van der Waals surface area contributed by atoms with Gasteiger partial charge in [-0.3, -0.25) is 0 Å². The number of nitrogens with two attached hydrogens (primary N) is 1. The van der Waals surface area contributed by atoms with E-state index in [-0.39, 0.29) is 17.6 Å². The van der Waals surface area contributed by atoms with Crippen LogP contribution in [0.3, 0.4) is 0 Å². The Kier molecular flexibility index (Phi) is 4.40. The fourth-order valence-corrected chi connectivity index (χ4v) is 2.09. The van der Waals surface area contributed by atoms with Gasteiger partial charge in [-0.2, -0.15) is 0 Å². The van der Waals surface area contributed by atoms with Gasteiger partial charge in [-0.1, -0.05) is 41.4 Å². The molecular weight excluding hydrogens is 263 g/mol. The second kappa shape index (κ2) is 6.04. The Morgan fingerprint density at radius 3 is 2.53 bits per heavy atom. The molecule has 2 nitrogen and oxygen atoms in total. The molecule has 0 aliphatic rings. The molecular formula is C15H16ClFN2. The first kappa shape index (κ1) is 13.8. The van der Waals surface area contributed by atoms with Gasteiger partial charge in [-0.15, -0.1) is 0 Å². The lowest BCUT2D eigenvalue weighted by Crippen LogP contribution is -2.21. The summed E-state index contributed by atoms with van der Waals surface area (Å²) in [6, 6.07) is 12.5. The number of halogens is 2. The molecule has 1 atom stereocenters. The summed E-state index contributed by atoms with van der Waals surface area (Å²) < 4.78 is 14.0. The topological polar surface area (TPSA) is 38.0 Å². The first-order valence-corrected chi connectivity index (χ1v) is 6.47. The summed E-state index contributed by atoms with van der Waals surface area (Å²) in [5.41, 5.74) is 8.28. The minimum Gasteiger partial charge on any atom is -0.377 e. The third-order valence-electron chi connectivity index (χ3n) is 2.99. The van der Waals surface area contributed by atoms with Crippen LogP contribution in [0.2, 0.25) is 5.02 Å². The second-order valence-corrected chi connectivity index (χ2v) is 4.85. The van der Waals surface area contributed by atoms with Gasteiger partial charge in [0.2, 0.25) is 0 Å². The van der Waals surface area contributed by atoms with Gasteiger partial charge in [0.05, 0.1) is 11.1 Å². The third kappa shape index (κ3) is 3.25. The Hall–Kier alpha value is -1.58. The molecule has 0 aromatic heterocycles. The predicted molar refractivity (Wildman–Crippen MR) is 78.0 cm³/mol. The molecule has 0 fully saturated rings. The van der Waals surface area contributed by atoms with E-state index in [9.17, 15) is 4.39 Å². The Bertz CT molecular complexity index is 555. The van der Waals surface area contributed by atoms with Crippen LogP contribution in [-0.2, 0) is 0 Å². The SMILES string of the molecule is Cc1ccc(NC(CN)c2cccc(Cl)c2F)cc1. The molecule has 0 saturated heterocycles. The number of benzene rings is 2. The zero-order valence-corrected chi connectivity index (χ0v) is 11.4. The summed E-state index contributed by atoms with van der Waals surface area (Å²) >= 11 is 5.80. The first-order chi connectivity index (χ1) is 9.11. The maximum atomic E-state index is 14.0. The molecule has 0 heterocycles. The van der Waals surface area contributed by atoms with Crippen molar-refractivity contribution in [2.75, 3.05) is 11.9 Å². The van der Waals surface area contributed by atoms with Gasteiger partial charge in [-0.25, -0.2) is 4.39 Å². The molecule has 2 aromatic carbocycles. The smallest absolute Gasteiger partial charge is 0.147 e. The van der Waals surface area contributed by atoms with Crippen LogP contribution in [0.4, 0.5) is 10.1 Å². The first-order valence-electron chi connectivity index (χ1n) is 6.09. The number of nitrogens with one attached hydrogen (secondary N) is 1. The van der Waals surface area contributed by atoms with E-state index in [1.807, 2.05) is 31.2 Å². The van der Waals surface area contributed by atoms with E-state index in [1.165, 1.54) is 11.6 Å². The number of aryl methyl sites for hydroxylation is 1. The van der Waals surface area contributed by atoms with Crippen molar-refractivity contribution >= 4 is 17.3 Å². The standard InChI is InChI=1S/C15H16ClFN2/c1-10-5-7-11(8-6-10)19-14(9-18)12-3-2-4-13(16)15(12)17/h2-8,14,19H,9,18H2,1H3. The largest absolute Gasteiger partial charge is 0.377 e. The molecule has 0 radical (unpaired) electrons. The van der Waals surface area contributed by atoms with Crippen molar-refractivity contribution < 1.29 is 4.39 Å². The van der Waals surface area contributed by atoms with Crippen LogP contribution >= 0.6 is 11.6 Å². The number of hydrogen-bond donors (Lipinski definition) is 2. The van der Waals surface area contributed by atoms with Crippen molar-refractivity contribution in [2.45, 2.75) is 13.0 Å². The van der Waals surface area contributed by atoms with Crippen LogP contribution in [0.25, 0.3) is 0 Å². The van der Waals surface area contributed by atoms with Gasteiger partial charge in [0.1, 0.15) is 5.82 Å². The number of anilines is 1. The lowest BCUT2D eigenvalue weighted by Gasteiger charge is -2.19. The van der Waals surface area contributed by atoms with E-state index >= 15 is 0 Å². The molecule has 2 aromatic rings. The summed E-state index contributed by atoms with van der Waals surface area (Å²) in [5, 5.41) is 3.33. The molecule has 0 saturated carbocycles. The van der Waals surface area contributed by atoms with E-state index in [2.05, 4.69) is 5.32 Å². The van der Waals surface area contributed by atoms with Gasteiger partial charge in [0.15, 0.2) is 0 Å². The molecule has 0 spiro atoms. The Morgan fingerprint density at radius 2 is 1.89 bits per heavy atom. The summed E-state index contributed by atoms with van der Waals surface area (Å²) in [4.78, 5) is 0. The van der Waals surface area contributed by atoms with Gasteiger partial charge in [0.25, 0.3) is 0 Å². The molecule has 4 heteroatoms. The van der Waals surface area contributed by atoms with Crippen LogP contribution in [0.1, 0.15) is 17.2 Å². The maximum absolute atomic E-state index is 14.0. The average molecular weight is 279 g/mol. The highest BCUT2D eigenvalue weighted by molar-refractivity contribution is 6.30. The molecule has 2 rings (SSSR count). The van der Waals surface area contributed by atoms with E-state index in [4.69, 9.17) is 17.3 Å². The van der Waals surface area contributed by atoms with Crippen molar-refractivity contribution in [2.24, 2.45) is 5.73 Å². The Morgan fingerprint density at radius 1 is 1.21 bits per heavy atom. The van der Waals surface area contributed by atoms with Crippen molar-refractivity contribution in [1.82, 2.24) is 0 Å². The van der Waals surface area contributed by atoms with Crippen molar-refractivity contribution in [3.05, 3.63) is 64.4 Å². The van der Waals surface area contributed by atoms with Gasteiger partial charge in [-0.05, 0) is 25.1 Å². The molecule has 3 N–H and O–H groups in total. The zero-order chi connectivity index (χ0) is 13.8. The molecule has 100 valence electrons. The van der Waals surface area contributed by atoms with E-state index < -0.39 is 5.82 Å². The van der Waals surface area contributed by atoms with Crippen LogP contribution in [0, 0.1) is 12.7 Å². The maximum Gasteiger partial charge on any atom is 0.147 e. The van der Waals surface area contributed by atoms with Crippen LogP contribution in [0.5, 0.6) is 0 Å². The zero-order valence-electron chi connectivity index (χ0n) is 10.7. The lowest BCUT2D eigenvalue weighted by atomic mass is 10.1. The molecule has 19 heavy (non-hydrogen) atoms. The lowest BCUT2D eigenvalue weighted by molar-refractivity contribution is 0.594. The van der Waals surface area contributed by atoms with Gasteiger partial charge < -0.3 is 11.1 Å². The summed E-state index contributed by atoms with van der Waals surface area (Å²) in [6.07, 6.45) is 0. The van der Waals surface area contributed by atoms with Crippen LogP contribution in [-0.4, -0.2) is 6.54 Å². The predicted octanol–water partition coefficient (Wildman–Crippen LogP) is 3.90. The molecule has 0 amide bonds. The van der Waals surface area contributed by atoms with E-state index in [0.29, 0.717) is 5.56 Å². The van der Waals surface area contributed by atoms with Crippen molar-refractivity contribution in [3.8, 4) is 0 Å². The van der Waals surface area contributed by atoms with Crippen LogP contribution in [0.15, 0.2) is 42.5 Å². The normalized spacial score (nSPS) is 12.2. The molecule has 0 aliphatic carbocycles. The monoisotopic (exact) mass is 278 g/mol. The summed E-state index contributed by atoms with van der Waals surface area (Å²) in [7, 11) is 0. The van der Waals surface area contributed by atoms with E-state index in [1.54, 1.807) is 12.1 Å².